The number of aryl methyl sites for hydroxylation is 1. The number of hydrazone groups is 1. The van der Waals surface area contributed by atoms with Crippen molar-refractivity contribution in [2.75, 3.05) is 32.2 Å². The normalized spacial score (nSPS) is 13.7. The largest absolute Gasteiger partial charge is 0.497 e. The zero-order valence-corrected chi connectivity index (χ0v) is 16.0. The van der Waals surface area contributed by atoms with Crippen LogP contribution < -0.4 is 19.8 Å². The molecule has 6 nitrogen and oxygen atoms in total. The fourth-order valence-corrected chi connectivity index (χ4v) is 3.29. The second-order valence-electron chi connectivity index (χ2n) is 6.45. The van der Waals surface area contributed by atoms with Gasteiger partial charge in [-0.2, -0.15) is 5.10 Å². The molecule has 6 heteroatoms. The third kappa shape index (κ3) is 4.39. The van der Waals surface area contributed by atoms with E-state index in [4.69, 9.17) is 9.47 Å². The lowest BCUT2D eigenvalue weighted by Crippen LogP contribution is -2.38. The SMILES string of the molecule is COc1ccc(/C(C)=N\NC(=O)CN2CCCc3ccccc32)c(OC)c1. The van der Waals surface area contributed by atoms with Crippen molar-refractivity contribution in [3.05, 3.63) is 53.6 Å². The van der Waals surface area contributed by atoms with Gasteiger partial charge in [-0.05, 0) is 43.5 Å². The monoisotopic (exact) mass is 367 g/mol. The summed E-state index contributed by atoms with van der Waals surface area (Å²) in [4.78, 5) is 14.5. The number of carbonyl (C=O) groups excluding carboxylic acids is 1. The third-order valence-corrected chi connectivity index (χ3v) is 4.69. The highest BCUT2D eigenvalue weighted by Gasteiger charge is 2.18. The molecular formula is C21H25N3O3. The predicted molar refractivity (Wildman–Crippen MR) is 107 cm³/mol. The molecule has 1 aliphatic heterocycles. The van der Waals surface area contributed by atoms with E-state index in [1.54, 1.807) is 20.3 Å². The number of benzene rings is 2. The Morgan fingerprint density at radius 1 is 1.19 bits per heavy atom. The van der Waals surface area contributed by atoms with E-state index in [1.165, 1.54) is 5.56 Å². The van der Waals surface area contributed by atoms with E-state index in [0.717, 1.165) is 30.6 Å². The Morgan fingerprint density at radius 2 is 2.00 bits per heavy atom. The van der Waals surface area contributed by atoms with Crippen LogP contribution in [0.3, 0.4) is 0 Å². The van der Waals surface area contributed by atoms with Gasteiger partial charge in [0, 0.05) is 23.9 Å². The number of nitrogens with one attached hydrogen (secondary N) is 1. The fraction of sp³-hybridized carbons (Fsp3) is 0.333. The Hall–Kier alpha value is -3.02. The first-order valence-corrected chi connectivity index (χ1v) is 9.00. The van der Waals surface area contributed by atoms with Crippen LogP contribution in [0.15, 0.2) is 47.6 Å². The van der Waals surface area contributed by atoms with Crippen molar-refractivity contribution >= 4 is 17.3 Å². The van der Waals surface area contributed by atoms with Gasteiger partial charge in [-0.3, -0.25) is 4.79 Å². The van der Waals surface area contributed by atoms with Gasteiger partial charge in [0.05, 0.1) is 26.5 Å². The maximum atomic E-state index is 12.4. The van der Waals surface area contributed by atoms with E-state index in [-0.39, 0.29) is 12.5 Å². The Labute approximate surface area is 159 Å². The second kappa shape index (κ2) is 8.58. The number of rotatable bonds is 6. The summed E-state index contributed by atoms with van der Waals surface area (Å²) in [6.07, 6.45) is 2.11. The molecule has 0 bridgehead atoms. The van der Waals surface area contributed by atoms with E-state index < -0.39 is 0 Å². The molecule has 2 aromatic carbocycles. The zero-order chi connectivity index (χ0) is 19.2. The fourth-order valence-electron chi connectivity index (χ4n) is 3.29. The Balaban J connectivity index is 1.67. The van der Waals surface area contributed by atoms with Gasteiger partial charge in [-0.1, -0.05) is 18.2 Å². The quantitative estimate of drug-likeness (QED) is 0.630. The number of ether oxygens (including phenoxy) is 2. The van der Waals surface area contributed by atoms with Gasteiger partial charge < -0.3 is 14.4 Å². The van der Waals surface area contributed by atoms with Gasteiger partial charge >= 0.3 is 0 Å². The average Bonchev–Trinajstić information content (AvgIpc) is 2.71. The van der Waals surface area contributed by atoms with Gasteiger partial charge in [0.2, 0.25) is 0 Å². The molecule has 0 atom stereocenters. The first-order valence-electron chi connectivity index (χ1n) is 9.00. The first kappa shape index (κ1) is 18.8. The van der Waals surface area contributed by atoms with Crippen LogP contribution in [0, 0.1) is 0 Å². The first-order chi connectivity index (χ1) is 13.1. The number of anilines is 1. The van der Waals surface area contributed by atoms with Crippen LogP contribution in [-0.4, -0.2) is 38.9 Å². The minimum atomic E-state index is -0.140. The highest BCUT2D eigenvalue weighted by atomic mass is 16.5. The van der Waals surface area contributed by atoms with Gasteiger partial charge in [0.25, 0.3) is 5.91 Å². The summed E-state index contributed by atoms with van der Waals surface area (Å²) in [5.74, 6) is 1.21. The molecule has 1 heterocycles. The molecule has 3 rings (SSSR count). The average molecular weight is 367 g/mol. The van der Waals surface area contributed by atoms with Crippen molar-refractivity contribution in [3.8, 4) is 11.5 Å². The second-order valence-corrected chi connectivity index (χ2v) is 6.45. The summed E-state index contributed by atoms with van der Waals surface area (Å²) in [6.45, 7) is 2.99. The molecule has 2 aromatic rings. The molecule has 0 saturated heterocycles. The van der Waals surface area contributed by atoms with Crippen molar-refractivity contribution < 1.29 is 14.3 Å². The van der Waals surface area contributed by atoms with E-state index in [0.29, 0.717) is 17.2 Å². The van der Waals surface area contributed by atoms with Gasteiger partial charge in [-0.25, -0.2) is 5.43 Å². The van der Waals surface area contributed by atoms with Crippen LogP contribution in [0.1, 0.15) is 24.5 Å². The summed E-state index contributed by atoms with van der Waals surface area (Å²) in [5.41, 5.74) is 6.56. The molecule has 1 amide bonds. The van der Waals surface area contributed by atoms with Crippen LogP contribution in [0.2, 0.25) is 0 Å². The number of nitrogens with zero attached hydrogens (tertiary/aromatic N) is 2. The number of fused-ring (bicyclic) bond motifs is 1. The van der Waals surface area contributed by atoms with Gasteiger partial charge in [0.1, 0.15) is 11.5 Å². The maximum absolute atomic E-state index is 12.4. The summed E-state index contributed by atoms with van der Waals surface area (Å²) >= 11 is 0. The van der Waals surface area contributed by atoms with Gasteiger partial charge in [-0.15, -0.1) is 0 Å². The number of hydrogen-bond acceptors (Lipinski definition) is 5. The van der Waals surface area contributed by atoms with Crippen LogP contribution in [0.25, 0.3) is 0 Å². The molecule has 27 heavy (non-hydrogen) atoms. The van der Waals surface area contributed by atoms with Crippen molar-refractivity contribution in [3.63, 3.8) is 0 Å². The van der Waals surface area contributed by atoms with E-state index in [1.807, 2.05) is 31.2 Å². The highest BCUT2D eigenvalue weighted by molar-refractivity contribution is 6.01. The summed E-state index contributed by atoms with van der Waals surface area (Å²) in [5, 5.41) is 4.25. The standard InChI is InChI=1S/C21H25N3O3/c1-15(18-11-10-17(26-2)13-20(18)27-3)22-23-21(25)14-24-12-6-8-16-7-4-5-9-19(16)24/h4-5,7,9-11,13H,6,8,12,14H2,1-3H3,(H,23,25)/b22-15-. The number of methoxy groups -OCH3 is 2. The minimum absolute atomic E-state index is 0.140. The Morgan fingerprint density at radius 3 is 2.78 bits per heavy atom. The van der Waals surface area contributed by atoms with Crippen LogP contribution in [0.5, 0.6) is 11.5 Å². The smallest absolute Gasteiger partial charge is 0.259 e. The van der Waals surface area contributed by atoms with E-state index in [9.17, 15) is 4.79 Å². The lowest BCUT2D eigenvalue weighted by Gasteiger charge is -2.30. The number of para-hydroxylation sites is 1. The number of carbonyl (C=O) groups is 1. The van der Waals surface area contributed by atoms with Crippen LogP contribution >= 0.6 is 0 Å². The molecule has 0 aromatic heterocycles. The van der Waals surface area contributed by atoms with Crippen molar-refractivity contribution in [2.45, 2.75) is 19.8 Å². The molecule has 1 aliphatic rings. The molecule has 0 fully saturated rings. The zero-order valence-electron chi connectivity index (χ0n) is 16.0. The molecule has 1 N–H and O–H groups in total. The summed E-state index contributed by atoms with van der Waals surface area (Å²) in [6, 6.07) is 13.7. The van der Waals surface area contributed by atoms with Crippen molar-refractivity contribution in [1.29, 1.82) is 0 Å². The van der Waals surface area contributed by atoms with Crippen LogP contribution in [0.4, 0.5) is 5.69 Å². The number of hydrogen-bond donors (Lipinski definition) is 1. The summed E-state index contributed by atoms with van der Waals surface area (Å²) < 4.78 is 10.6. The van der Waals surface area contributed by atoms with Crippen molar-refractivity contribution in [1.82, 2.24) is 5.43 Å². The molecule has 0 saturated carbocycles. The molecule has 0 unspecified atom stereocenters. The maximum Gasteiger partial charge on any atom is 0.259 e. The summed E-state index contributed by atoms with van der Waals surface area (Å²) in [7, 11) is 3.20. The van der Waals surface area contributed by atoms with E-state index in [2.05, 4.69) is 27.6 Å². The predicted octanol–water partition coefficient (Wildman–Crippen LogP) is 3.00. The van der Waals surface area contributed by atoms with Crippen LogP contribution in [-0.2, 0) is 11.2 Å². The molecule has 0 aliphatic carbocycles. The van der Waals surface area contributed by atoms with Gasteiger partial charge in [0.15, 0.2) is 0 Å². The lowest BCUT2D eigenvalue weighted by atomic mass is 10.0. The molecule has 142 valence electrons. The Bertz CT molecular complexity index is 848. The molecule has 0 spiro atoms. The molecule has 0 radical (unpaired) electrons. The van der Waals surface area contributed by atoms with E-state index >= 15 is 0 Å². The lowest BCUT2D eigenvalue weighted by molar-refractivity contribution is -0.119. The number of amides is 1. The Kier molecular flexibility index (Phi) is 5.96. The van der Waals surface area contributed by atoms with Crippen molar-refractivity contribution in [2.24, 2.45) is 5.10 Å². The highest BCUT2D eigenvalue weighted by Crippen LogP contribution is 2.26. The topological polar surface area (TPSA) is 63.2 Å². The molecular weight excluding hydrogens is 342 g/mol. The third-order valence-electron chi connectivity index (χ3n) is 4.69. The minimum Gasteiger partial charge on any atom is -0.497 e.